The molecule has 0 saturated heterocycles. The lowest BCUT2D eigenvalue weighted by Crippen LogP contribution is -2.14. The van der Waals surface area contributed by atoms with E-state index in [1.807, 2.05) is 0 Å². The van der Waals surface area contributed by atoms with Crippen molar-refractivity contribution in [3.63, 3.8) is 0 Å². The summed E-state index contributed by atoms with van der Waals surface area (Å²) in [6.07, 6.45) is 7.29. The Morgan fingerprint density at radius 2 is 1.78 bits per heavy atom. The van der Waals surface area contributed by atoms with Gasteiger partial charge in [-0.05, 0) is 18.8 Å². The van der Waals surface area contributed by atoms with Gasteiger partial charge in [-0.2, -0.15) is 0 Å². The van der Waals surface area contributed by atoms with Crippen LogP contribution in [0.4, 0.5) is 0 Å². The van der Waals surface area contributed by atoms with Gasteiger partial charge >= 0.3 is 0 Å². The van der Waals surface area contributed by atoms with Crippen LogP contribution < -0.4 is 0 Å². The smallest absolute Gasteiger partial charge is 0.0145 e. The summed E-state index contributed by atoms with van der Waals surface area (Å²) < 4.78 is 0. The Morgan fingerprint density at radius 1 is 1.22 bits per heavy atom. The Hall–Kier alpha value is 0.480. The molecule has 0 aromatic rings. The van der Waals surface area contributed by atoms with Gasteiger partial charge in [-0.15, -0.1) is 0 Å². The molecule has 0 aromatic carbocycles. The fraction of sp³-hybridized carbons (Fsp3) is 1.00. The number of halogens is 1. The Morgan fingerprint density at radius 3 is 2.11 bits per heavy atom. The van der Waals surface area contributed by atoms with E-state index in [2.05, 4.69) is 22.9 Å². The van der Waals surface area contributed by atoms with Crippen molar-refractivity contribution >= 4 is 15.9 Å². The topological polar surface area (TPSA) is 0 Å². The highest BCUT2D eigenvalue weighted by atomic mass is 79.9. The minimum Gasteiger partial charge on any atom is -0.0891 e. The molecule has 0 aromatic heterocycles. The molecule has 0 N–H and O–H groups in total. The summed E-state index contributed by atoms with van der Waals surface area (Å²) in [6.45, 7) is 2.27. The minimum atomic E-state index is 0.748. The van der Waals surface area contributed by atoms with Gasteiger partial charge in [-0.3, -0.25) is 0 Å². The van der Waals surface area contributed by atoms with Crippen molar-refractivity contribution in [3.8, 4) is 0 Å². The van der Waals surface area contributed by atoms with Crippen molar-refractivity contribution in [2.24, 2.45) is 5.92 Å². The second-order valence-electron chi connectivity index (χ2n) is 3.08. The first-order valence-corrected chi connectivity index (χ1v) is 4.86. The fourth-order valence-electron chi connectivity index (χ4n) is 1.59. The van der Waals surface area contributed by atoms with E-state index >= 15 is 0 Å². The number of hydrogen-bond acceptors (Lipinski definition) is 0. The maximum atomic E-state index is 3.64. The fourth-order valence-corrected chi connectivity index (χ4v) is 2.12. The quantitative estimate of drug-likeness (QED) is 0.557. The SMILES string of the molecule is C[C@@H](Br)C1CCCCC1. The molecule has 1 heteroatoms. The van der Waals surface area contributed by atoms with Crippen LogP contribution in [0.2, 0.25) is 0 Å². The molecule has 1 fully saturated rings. The van der Waals surface area contributed by atoms with Gasteiger partial charge in [0.05, 0.1) is 0 Å². The molecule has 0 spiro atoms. The van der Waals surface area contributed by atoms with Crippen LogP contribution in [0, 0.1) is 5.92 Å². The van der Waals surface area contributed by atoms with Crippen molar-refractivity contribution in [3.05, 3.63) is 0 Å². The zero-order chi connectivity index (χ0) is 6.69. The van der Waals surface area contributed by atoms with Crippen molar-refractivity contribution < 1.29 is 0 Å². The van der Waals surface area contributed by atoms with E-state index in [0.29, 0.717) is 0 Å². The molecule has 1 aliphatic rings. The lowest BCUT2D eigenvalue weighted by atomic mass is 9.88. The van der Waals surface area contributed by atoms with Crippen LogP contribution in [-0.4, -0.2) is 4.83 Å². The third-order valence-electron chi connectivity index (χ3n) is 2.30. The average Bonchev–Trinajstić information content (AvgIpc) is 1.90. The first kappa shape index (κ1) is 7.59. The largest absolute Gasteiger partial charge is 0.0891 e. The normalized spacial score (nSPS) is 26.0. The molecule has 1 rings (SSSR count). The number of alkyl halides is 1. The first-order valence-electron chi connectivity index (χ1n) is 3.95. The molecule has 0 aliphatic heterocycles. The Balaban J connectivity index is 2.23. The van der Waals surface area contributed by atoms with Crippen LogP contribution in [0.5, 0.6) is 0 Å². The predicted molar refractivity (Wildman–Crippen MR) is 45.0 cm³/mol. The molecule has 54 valence electrons. The highest BCUT2D eigenvalue weighted by Crippen LogP contribution is 2.29. The Kier molecular flexibility index (Phi) is 3.03. The summed E-state index contributed by atoms with van der Waals surface area (Å²) in [4.78, 5) is 0.748. The molecule has 0 radical (unpaired) electrons. The highest BCUT2D eigenvalue weighted by molar-refractivity contribution is 9.09. The molecule has 1 aliphatic carbocycles. The minimum absolute atomic E-state index is 0.748. The van der Waals surface area contributed by atoms with E-state index in [1.165, 1.54) is 32.1 Å². The molecule has 1 saturated carbocycles. The van der Waals surface area contributed by atoms with Gasteiger partial charge in [0.2, 0.25) is 0 Å². The van der Waals surface area contributed by atoms with Crippen LogP contribution in [0.1, 0.15) is 39.0 Å². The van der Waals surface area contributed by atoms with Crippen molar-refractivity contribution in [1.82, 2.24) is 0 Å². The zero-order valence-electron chi connectivity index (χ0n) is 6.07. The van der Waals surface area contributed by atoms with Crippen LogP contribution in [0.25, 0.3) is 0 Å². The summed E-state index contributed by atoms with van der Waals surface area (Å²) in [5, 5.41) is 0. The van der Waals surface area contributed by atoms with Gasteiger partial charge in [0, 0.05) is 4.83 Å². The molecule has 0 amide bonds. The molecule has 0 bridgehead atoms. The molecule has 0 heterocycles. The van der Waals surface area contributed by atoms with E-state index in [4.69, 9.17) is 0 Å². The number of hydrogen-bond donors (Lipinski definition) is 0. The summed E-state index contributed by atoms with van der Waals surface area (Å²) in [5.41, 5.74) is 0. The van der Waals surface area contributed by atoms with Crippen molar-refractivity contribution in [2.45, 2.75) is 43.9 Å². The monoisotopic (exact) mass is 190 g/mol. The molecule has 0 unspecified atom stereocenters. The van der Waals surface area contributed by atoms with Gasteiger partial charge in [0.15, 0.2) is 0 Å². The van der Waals surface area contributed by atoms with Crippen LogP contribution in [0.15, 0.2) is 0 Å². The van der Waals surface area contributed by atoms with Gasteiger partial charge in [0.25, 0.3) is 0 Å². The summed E-state index contributed by atoms with van der Waals surface area (Å²) in [5.74, 6) is 0.971. The number of rotatable bonds is 1. The molecular formula is C8H15Br. The Bertz CT molecular complexity index is 72.6. The van der Waals surface area contributed by atoms with Crippen molar-refractivity contribution in [1.29, 1.82) is 0 Å². The van der Waals surface area contributed by atoms with Gasteiger partial charge < -0.3 is 0 Å². The van der Waals surface area contributed by atoms with Gasteiger partial charge in [-0.1, -0.05) is 42.1 Å². The highest BCUT2D eigenvalue weighted by Gasteiger charge is 2.16. The van der Waals surface area contributed by atoms with Crippen LogP contribution in [0.3, 0.4) is 0 Å². The molecular weight excluding hydrogens is 176 g/mol. The van der Waals surface area contributed by atoms with E-state index in [0.717, 1.165) is 10.7 Å². The van der Waals surface area contributed by atoms with E-state index in [-0.39, 0.29) is 0 Å². The van der Waals surface area contributed by atoms with Crippen molar-refractivity contribution in [2.75, 3.05) is 0 Å². The molecule has 0 nitrogen and oxygen atoms in total. The van der Waals surface area contributed by atoms with E-state index < -0.39 is 0 Å². The van der Waals surface area contributed by atoms with Gasteiger partial charge in [0.1, 0.15) is 0 Å². The maximum Gasteiger partial charge on any atom is 0.0145 e. The maximum absolute atomic E-state index is 3.64. The standard InChI is InChI=1S/C8H15Br/c1-7(9)8-5-3-2-4-6-8/h7-8H,2-6H2,1H3/t7-/m1/s1. The summed E-state index contributed by atoms with van der Waals surface area (Å²) in [7, 11) is 0. The third kappa shape index (κ3) is 2.29. The Labute approximate surface area is 66.2 Å². The predicted octanol–water partition coefficient (Wildman–Crippen LogP) is 3.35. The summed E-state index contributed by atoms with van der Waals surface area (Å²) >= 11 is 3.64. The third-order valence-corrected chi connectivity index (χ3v) is 3.05. The summed E-state index contributed by atoms with van der Waals surface area (Å²) in [6, 6.07) is 0. The zero-order valence-corrected chi connectivity index (χ0v) is 7.65. The lowest BCUT2D eigenvalue weighted by molar-refractivity contribution is 0.360. The first-order chi connectivity index (χ1) is 4.30. The van der Waals surface area contributed by atoms with Gasteiger partial charge in [-0.25, -0.2) is 0 Å². The molecule has 9 heavy (non-hydrogen) atoms. The second-order valence-corrected chi connectivity index (χ2v) is 4.52. The average molecular weight is 191 g/mol. The lowest BCUT2D eigenvalue weighted by Gasteiger charge is -2.23. The second kappa shape index (κ2) is 3.60. The van der Waals surface area contributed by atoms with E-state index in [9.17, 15) is 0 Å². The van der Waals surface area contributed by atoms with Crippen LogP contribution in [-0.2, 0) is 0 Å². The van der Waals surface area contributed by atoms with Crippen LogP contribution >= 0.6 is 15.9 Å². The van der Waals surface area contributed by atoms with E-state index in [1.54, 1.807) is 0 Å². The molecule has 1 atom stereocenters.